The fourth-order valence-electron chi connectivity index (χ4n) is 2.33. The third-order valence-corrected chi connectivity index (χ3v) is 4.06. The molecule has 0 aromatic heterocycles. The van der Waals surface area contributed by atoms with E-state index >= 15 is 0 Å². The lowest BCUT2D eigenvalue weighted by Crippen LogP contribution is -1.97. The highest BCUT2D eigenvalue weighted by molar-refractivity contribution is 5.88. The van der Waals surface area contributed by atoms with Crippen molar-refractivity contribution in [2.75, 3.05) is 0 Å². The van der Waals surface area contributed by atoms with Crippen LogP contribution in [-0.2, 0) is 12.8 Å². The van der Waals surface area contributed by atoms with Crippen LogP contribution < -0.4 is 0 Å². The second kappa shape index (κ2) is 8.11. The normalized spacial score (nSPS) is 12.9. The van der Waals surface area contributed by atoms with Gasteiger partial charge in [0.15, 0.2) is 0 Å². The monoisotopic (exact) mass is 286 g/mol. The molecule has 0 atom stereocenters. The summed E-state index contributed by atoms with van der Waals surface area (Å²) in [4.78, 5) is 9.73. The molecule has 0 aliphatic carbocycles. The van der Waals surface area contributed by atoms with Crippen LogP contribution in [0.5, 0.6) is 0 Å². The molecule has 1 aromatic carbocycles. The first-order valence-corrected chi connectivity index (χ1v) is 8.21. The van der Waals surface area contributed by atoms with E-state index in [0.717, 1.165) is 37.1 Å². The van der Waals surface area contributed by atoms with Gasteiger partial charge in [-0.05, 0) is 57.6 Å². The van der Waals surface area contributed by atoms with E-state index in [9.17, 15) is 0 Å². The van der Waals surface area contributed by atoms with Crippen molar-refractivity contribution in [2.24, 2.45) is 9.98 Å². The summed E-state index contributed by atoms with van der Waals surface area (Å²) in [5, 5.41) is 0. The van der Waals surface area contributed by atoms with Crippen molar-refractivity contribution in [3.8, 4) is 0 Å². The van der Waals surface area contributed by atoms with Crippen LogP contribution in [0.4, 0.5) is 11.4 Å². The Balaban J connectivity index is 3.61. The zero-order valence-electron chi connectivity index (χ0n) is 14.8. The number of hydrogen-bond donors (Lipinski definition) is 0. The molecule has 0 amide bonds. The molecule has 0 radical (unpaired) electrons. The fraction of sp³-hybridized carbons (Fsp3) is 0.579. The third-order valence-electron chi connectivity index (χ3n) is 4.06. The molecule has 0 fully saturated rings. The van der Waals surface area contributed by atoms with Crippen LogP contribution in [0, 0.1) is 6.92 Å². The van der Waals surface area contributed by atoms with Gasteiger partial charge in [0.05, 0.1) is 11.4 Å². The molecule has 116 valence electrons. The fourth-order valence-corrected chi connectivity index (χ4v) is 2.33. The van der Waals surface area contributed by atoms with Crippen molar-refractivity contribution in [3.05, 3.63) is 22.8 Å². The van der Waals surface area contributed by atoms with Gasteiger partial charge in [0.1, 0.15) is 0 Å². The Hall–Kier alpha value is -1.44. The van der Waals surface area contributed by atoms with Gasteiger partial charge in [-0.2, -0.15) is 0 Å². The van der Waals surface area contributed by atoms with Crippen molar-refractivity contribution in [1.29, 1.82) is 0 Å². The highest BCUT2D eigenvalue weighted by Gasteiger charge is 2.13. The minimum Gasteiger partial charge on any atom is -0.258 e. The number of aryl methyl sites for hydroxylation is 2. The van der Waals surface area contributed by atoms with Crippen LogP contribution in [0.15, 0.2) is 16.1 Å². The number of rotatable bonds is 6. The largest absolute Gasteiger partial charge is 0.258 e. The van der Waals surface area contributed by atoms with Crippen LogP contribution in [0.1, 0.15) is 71.1 Å². The first-order valence-electron chi connectivity index (χ1n) is 8.21. The van der Waals surface area contributed by atoms with Gasteiger partial charge in [-0.1, -0.05) is 33.8 Å². The lowest BCUT2D eigenvalue weighted by Gasteiger charge is -2.16. The van der Waals surface area contributed by atoms with Crippen LogP contribution in [0.2, 0.25) is 0 Å². The Morgan fingerprint density at radius 2 is 1.19 bits per heavy atom. The molecule has 0 heterocycles. The van der Waals surface area contributed by atoms with Crippen molar-refractivity contribution in [1.82, 2.24) is 0 Å². The zero-order valence-corrected chi connectivity index (χ0v) is 14.8. The summed E-state index contributed by atoms with van der Waals surface area (Å²) in [6.07, 6.45) is 4.01. The summed E-state index contributed by atoms with van der Waals surface area (Å²) < 4.78 is 0. The van der Waals surface area contributed by atoms with E-state index in [4.69, 9.17) is 9.98 Å². The van der Waals surface area contributed by atoms with Gasteiger partial charge in [-0.3, -0.25) is 9.98 Å². The van der Waals surface area contributed by atoms with Gasteiger partial charge in [-0.25, -0.2) is 0 Å². The molecular weight excluding hydrogens is 256 g/mol. The highest BCUT2D eigenvalue weighted by atomic mass is 14.8. The SMILES string of the molecule is CCC(C)=Nc1c(CC)cc(CC)c(N=C(C)CC)c1C. The Kier molecular flexibility index (Phi) is 6.80. The Bertz CT molecular complexity index is 505. The summed E-state index contributed by atoms with van der Waals surface area (Å²) in [6, 6.07) is 2.30. The molecule has 0 unspecified atom stereocenters. The van der Waals surface area contributed by atoms with Crippen molar-refractivity contribution in [3.63, 3.8) is 0 Å². The Morgan fingerprint density at radius 1 is 0.810 bits per heavy atom. The smallest absolute Gasteiger partial charge is 0.0711 e. The maximum atomic E-state index is 4.86. The number of hydrogen-bond acceptors (Lipinski definition) is 2. The van der Waals surface area contributed by atoms with Gasteiger partial charge in [-0.15, -0.1) is 0 Å². The maximum absolute atomic E-state index is 4.86. The summed E-state index contributed by atoms with van der Waals surface area (Å²) >= 11 is 0. The second-order valence-electron chi connectivity index (χ2n) is 5.63. The molecule has 2 nitrogen and oxygen atoms in total. The molecular formula is C19H30N2. The molecule has 0 aliphatic heterocycles. The predicted molar refractivity (Wildman–Crippen MR) is 96.1 cm³/mol. The summed E-state index contributed by atoms with van der Waals surface area (Å²) in [7, 11) is 0. The average Bonchev–Trinajstić information content (AvgIpc) is 2.50. The van der Waals surface area contributed by atoms with Crippen molar-refractivity contribution >= 4 is 22.8 Å². The quantitative estimate of drug-likeness (QED) is 0.562. The minimum absolute atomic E-state index is 0.991. The van der Waals surface area contributed by atoms with E-state index in [1.165, 1.54) is 28.1 Å². The van der Waals surface area contributed by atoms with Gasteiger partial charge in [0, 0.05) is 17.0 Å². The zero-order chi connectivity index (χ0) is 16.0. The second-order valence-corrected chi connectivity index (χ2v) is 5.63. The Labute approximate surface area is 130 Å². The van der Waals surface area contributed by atoms with E-state index in [1.807, 2.05) is 0 Å². The number of aliphatic imine (C=N–C) groups is 2. The summed E-state index contributed by atoms with van der Waals surface area (Å²) in [6.45, 7) is 15.1. The molecule has 0 N–H and O–H groups in total. The molecule has 2 heteroatoms. The average molecular weight is 286 g/mol. The van der Waals surface area contributed by atoms with Crippen molar-refractivity contribution < 1.29 is 0 Å². The predicted octanol–water partition coefficient (Wildman–Crippen LogP) is 6.12. The molecule has 0 bridgehead atoms. The Morgan fingerprint density at radius 3 is 1.48 bits per heavy atom. The molecule has 0 saturated carbocycles. The van der Waals surface area contributed by atoms with Crippen LogP contribution in [0.25, 0.3) is 0 Å². The highest BCUT2D eigenvalue weighted by Crippen LogP contribution is 2.37. The van der Waals surface area contributed by atoms with Crippen LogP contribution >= 0.6 is 0 Å². The van der Waals surface area contributed by atoms with Gasteiger partial charge in [0.25, 0.3) is 0 Å². The maximum Gasteiger partial charge on any atom is 0.0711 e. The van der Waals surface area contributed by atoms with Gasteiger partial charge >= 0.3 is 0 Å². The molecule has 1 rings (SSSR count). The third kappa shape index (κ3) is 4.26. The first-order chi connectivity index (χ1) is 9.98. The van der Waals surface area contributed by atoms with E-state index in [-0.39, 0.29) is 0 Å². The van der Waals surface area contributed by atoms with E-state index in [0.29, 0.717) is 0 Å². The molecule has 0 saturated heterocycles. The van der Waals surface area contributed by atoms with E-state index in [1.54, 1.807) is 0 Å². The van der Waals surface area contributed by atoms with Gasteiger partial charge in [0.2, 0.25) is 0 Å². The molecule has 21 heavy (non-hydrogen) atoms. The minimum atomic E-state index is 0.991. The van der Waals surface area contributed by atoms with Gasteiger partial charge < -0.3 is 0 Å². The standard InChI is InChI=1S/C19H30N2/c1-8-13(5)20-18-15(7)19(21-14(6)9-2)17(11-4)12-16(18)10-3/h12H,8-11H2,1-7H3. The molecule has 0 spiro atoms. The lowest BCUT2D eigenvalue weighted by atomic mass is 9.97. The van der Waals surface area contributed by atoms with E-state index in [2.05, 4.69) is 54.5 Å². The molecule has 1 aromatic rings. The van der Waals surface area contributed by atoms with E-state index < -0.39 is 0 Å². The summed E-state index contributed by atoms with van der Waals surface area (Å²) in [5.74, 6) is 0. The topological polar surface area (TPSA) is 24.7 Å². The number of benzene rings is 1. The first kappa shape index (κ1) is 17.6. The summed E-state index contributed by atoms with van der Waals surface area (Å²) in [5.41, 5.74) is 8.54. The van der Waals surface area contributed by atoms with Crippen LogP contribution in [-0.4, -0.2) is 11.4 Å². The molecule has 0 aliphatic rings. The van der Waals surface area contributed by atoms with Crippen LogP contribution in [0.3, 0.4) is 0 Å². The van der Waals surface area contributed by atoms with Crippen molar-refractivity contribution in [2.45, 2.75) is 74.1 Å². The number of nitrogens with zero attached hydrogens (tertiary/aromatic N) is 2. The lowest BCUT2D eigenvalue weighted by molar-refractivity contribution is 1.06.